The van der Waals surface area contributed by atoms with Crippen molar-refractivity contribution in [2.24, 2.45) is 0 Å². The minimum atomic E-state index is 0.510. The molecule has 142 valence electrons. The molecule has 0 radical (unpaired) electrons. The minimum Gasteiger partial charge on any atom is -0.383 e. The van der Waals surface area contributed by atoms with Crippen LogP contribution in [0, 0.1) is 0 Å². The van der Waals surface area contributed by atoms with Crippen LogP contribution in [0.3, 0.4) is 0 Å². The minimum absolute atomic E-state index is 0.510. The Bertz CT molecular complexity index is 882. The summed E-state index contributed by atoms with van der Waals surface area (Å²) in [5.74, 6) is 1.73. The lowest BCUT2D eigenvalue weighted by molar-refractivity contribution is 0.181. The standard InChI is InChI=1S/C22H26ClN3O/c1-27-15-14-26-21-5-3-2-4-20(21)24-22(26)18-10-12-25(13-11-18)16-17-6-8-19(23)9-7-17/h2-9,18H,10-16H2,1H3. The lowest BCUT2D eigenvalue weighted by Gasteiger charge is -2.32. The van der Waals surface area contributed by atoms with Gasteiger partial charge in [0, 0.05) is 31.1 Å². The fraction of sp³-hybridized carbons (Fsp3) is 0.409. The van der Waals surface area contributed by atoms with Crippen LogP contribution in [0.5, 0.6) is 0 Å². The van der Waals surface area contributed by atoms with E-state index in [1.54, 1.807) is 7.11 Å². The van der Waals surface area contributed by atoms with Crippen molar-refractivity contribution >= 4 is 22.6 Å². The van der Waals surface area contributed by atoms with Gasteiger partial charge in [0.25, 0.3) is 0 Å². The zero-order valence-corrected chi connectivity index (χ0v) is 16.5. The number of likely N-dealkylation sites (tertiary alicyclic amines) is 1. The zero-order chi connectivity index (χ0) is 18.6. The van der Waals surface area contributed by atoms with E-state index < -0.39 is 0 Å². The van der Waals surface area contributed by atoms with Crippen molar-refractivity contribution < 1.29 is 4.74 Å². The molecule has 0 spiro atoms. The van der Waals surface area contributed by atoms with Gasteiger partial charge in [-0.25, -0.2) is 4.98 Å². The van der Waals surface area contributed by atoms with Gasteiger partial charge in [0.2, 0.25) is 0 Å². The maximum Gasteiger partial charge on any atom is 0.113 e. The SMILES string of the molecule is COCCn1c(C2CCN(Cc3ccc(Cl)cc3)CC2)nc2ccccc21. The van der Waals surface area contributed by atoms with E-state index in [9.17, 15) is 0 Å². The van der Waals surface area contributed by atoms with Gasteiger partial charge in [-0.15, -0.1) is 0 Å². The number of hydrogen-bond donors (Lipinski definition) is 0. The van der Waals surface area contributed by atoms with Crippen LogP contribution in [0.1, 0.15) is 30.1 Å². The second-order valence-corrected chi connectivity index (χ2v) is 7.72. The van der Waals surface area contributed by atoms with Gasteiger partial charge in [-0.3, -0.25) is 4.90 Å². The quantitative estimate of drug-likeness (QED) is 0.617. The van der Waals surface area contributed by atoms with Gasteiger partial charge < -0.3 is 9.30 Å². The summed E-state index contributed by atoms with van der Waals surface area (Å²) >= 11 is 5.99. The van der Waals surface area contributed by atoms with Crippen molar-refractivity contribution in [3.63, 3.8) is 0 Å². The average molecular weight is 384 g/mol. The predicted molar refractivity (Wildman–Crippen MR) is 110 cm³/mol. The van der Waals surface area contributed by atoms with Crippen LogP contribution in [0.15, 0.2) is 48.5 Å². The number of ether oxygens (including phenoxy) is 1. The Hall–Kier alpha value is -1.88. The van der Waals surface area contributed by atoms with Crippen LogP contribution in [-0.2, 0) is 17.8 Å². The van der Waals surface area contributed by atoms with Crippen molar-refractivity contribution in [3.05, 3.63) is 64.9 Å². The molecule has 0 amide bonds. The summed E-state index contributed by atoms with van der Waals surface area (Å²) in [6, 6.07) is 16.6. The van der Waals surface area contributed by atoms with Crippen LogP contribution in [0.25, 0.3) is 11.0 Å². The molecular weight excluding hydrogens is 358 g/mol. The molecule has 1 aliphatic heterocycles. The predicted octanol–water partition coefficient (Wildman–Crippen LogP) is 4.72. The monoisotopic (exact) mass is 383 g/mol. The van der Waals surface area contributed by atoms with Gasteiger partial charge in [0.1, 0.15) is 5.82 Å². The Morgan fingerprint density at radius 3 is 2.56 bits per heavy atom. The molecule has 0 saturated carbocycles. The maximum atomic E-state index is 5.99. The molecule has 2 aromatic carbocycles. The number of para-hydroxylation sites is 2. The van der Waals surface area contributed by atoms with Crippen molar-refractivity contribution in [3.8, 4) is 0 Å². The van der Waals surface area contributed by atoms with E-state index in [1.165, 1.54) is 16.9 Å². The first-order valence-electron chi connectivity index (χ1n) is 9.65. The Balaban J connectivity index is 1.46. The number of aromatic nitrogens is 2. The number of imidazole rings is 1. The summed E-state index contributed by atoms with van der Waals surface area (Å²) in [5, 5.41) is 0.799. The number of benzene rings is 2. The lowest BCUT2D eigenvalue weighted by atomic mass is 9.95. The second-order valence-electron chi connectivity index (χ2n) is 7.28. The molecule has 0 atom stereocenters. The molecule has 1 fully saturated rings. The molecule has 0 unspecified atom stereocenters. The van der Waals surface area contributed by atoms with Crippen molar-refractivity contribution in [1.29, 1.82) is 0 Å². The number of rotatable bonds is 6. The molecule has 0 bridgehead atoms. The Labute approximate surface area is 165 Å². The normalized spacial score (nSPS) is 16.2. The number of piperidine rings is 1. The van der Waals surface area contributed by atoms with Gasteiger partial charge in [0.05, 0.1) is 17.6 Å². The van der Waals surface area contributed by atoms with E-state index >= 15 is 0 Å². The van der Waals surface area contributed by atoms with E-state index in [1.807, 2.05) is 12.1 Å². The Morgan fingerprint density at radius 2 is 1.81 bits per heavy atom. The van der Waals surface area contributed by atoms with Gasteiger partial charge >= 0.3 is 0 Å². The first-order chi connectivity index (χ1) is 13.2. The van der Waals surface area contributed by atoms with E-state index in [-0.39, 0.29) is 0 Å². The summed E-state index contributed by atoms with van der Waals surface area (Å²) in [6.07, 6.45) is 2.29. The number of hydrogen-bond acceptors (Lipinski definition) is 3. The van der Waals surface area contributed by atoms with E-state index in [2.05, 4.69) is 45.9 Å². The molecule has 27 heavy (non-hydrogen) atoms. The fourth-order valence-corrected chi connectivity index (χ4v) is 4.15. The van der Waals surface area contributed by atoms with Crippen LogP contribution < -0.4 is 0 Å². The molecule has 1 aliphatic rings. The highest BCUT2D eigenvalue weighted by atomic mass is 35.5. The summed E-state index contributed by atoms with van der Waals surface area (Å²) in [4.78, 5) is 7.51. The smallest absolute Gasteiger partial charge is 0.113 e. The molecule has 0 aliphatic carbocycles. The zero-order valence-electron chi connectivity index (χ0n) is 15.8. The highest BCUT2D eigenvalue weighted by Crippen LogP contribution is 2.31. The van der Waals surface area contributed by atoms with E-state index in [0.29, 0.717) is 12.5 Å². The summed E-state index contributed by atoms with van der Waals surface area (Å²) in [6.45, 7) is 4.76. The molecule has 5 heteroatoms. The largest absolute Gasteiger partial charge is 0.383 e. The van der Waals surface area contributed by atoms with Crippen LogP contribution in [-0.4, -0.2) is 41.3 Å². The summed E-state index contributed by atoms with van der Waals surface area (Å²) in [7, 11) is 1.76. The molecule has 4 nitrogen and oxygen atoms in total. The van der Waals surface area contributed by atoms with Gasteiger partial charge in [-0.05, 0) is 55.8 Å². The third-order valence-corrected chi connectivity index (χ3v) is 5.73. The number of nitrogens with zero attached hydrogens (tertiary/aromatic N) is 3. The number of fused-ring (bicyclic) bond motifs is 1. The first kappa shape index (κ1) is 18.5. The molecule has 2 heterocycles. The summed E-state index contributed by atoms with van der Waals surface area (Å²) in [5.41, 5.74) is 3.63. The Kier molecular flexibility index (Phi) is 5.77. The highest BCUT2D eigenvalue weighted by molar-refractivity contribution is 6.30. The molecular formula is C22H26ClN3O. The van der Waals surface area contributed by atoms with Gasteiger partial charge in [-0.2, -0.15) is 0 Å². The molecule has 1 saturated heterocycles. The van der Waals surface area contributed by atoms with Crippen LogP contribution in [0.2, 0.25) is 5.02 Å². The third-order valence-electron chi connectivity index (χ3n) is 5.48. The van der Waals surface area contributed by atoms with Crippen molar-refractivity contribution in [2.45, 2.75) is 31.8 Å². The second kappa shape index (κ2) is 8.42. The first-order valence-corrected chi connectivity index (χ1v) is 10.0. The van der Waals surface area contributed by atoms with Gasteiger partial charge in [0.15, 0.2) is 0 Å². The Morgan fingerprint density at radius 1 is 1.07 bits per heavy atom. The number of methoxy groups -OCH3 is 1. The average Bonchev–Trinajstić information content (AvgIpc) is 3.07. The van der Waals surface area contributed by atoms with E-state index in [4.69, 9.17) is 21.3 Å². The topological polar surface area (TPSA) is 30.3 Å². The third kappa shape index (κ3) is 4.18. The van der Waals surface area contributed by atoms with Gasteiger partial charge in [-0.1, -0.05) is 35.9 Å². The number of halogens is 1. The molecule has 1 aromatic heterocycles. The maximum absolute atomic E-state index is 5.99. The van der Waals surface area contributed by atoms with Crippen LogP contribution in [0.4, 0.5) is 0 Å². The van der Waals surface area contributed by atoms with Crippen LogP contribution >= 0.6 is 11.6 Å². The highest BCUT2D eigenvalue weighted by Gasteiger charge is 2.25. The fourth-order valence-electron chi connectivity index (χ4n) is 4.02. The summed E-state index contributed by atoms with van der Waals surface area (Å²) < 4.78 is 7.69. The molecule has 3 aromatic rings. The lowest BCUT2D eigenvalue weighted by Crippen LogP contribution is -2.33. The molecule has 0 N–H and O–H groups in total. The molecule has 4 rings (SSSR count). The van der Waals surface area contributed by atoms with Crippen molar-refractivity contribution in [1.82, 2.24) is 14.5 Å². The van der Waals surface area contributed by atoms with Crippen molar-refractivity contribution in [2.75, 3.05) is 26.8 Å². The van der Waals surface area contributed by atoms with E-state index in [0.717, 1.165) is 49.6 Å².